The van der Waals surface area contributed by atoms with Gasteiger partial charge in [-0.2, -0.15) is 0 Å². The molecule has 1 heterocycles. The highest BCUT2D eigenvalue weighted by atomic mass is 16.5. The fourth-order valence-electron chi connectivity index (χ4n) is 7.42. The van der Waals surface area contributed by atoms with Gasteiger partial charge in [0.1, 0.15) is 6.04 Å². The van der Waals surface area contributed by atoms with E-state index in [0.717, 1.165) is 12.8 Å². The van der Waals surface area contributed by atoms with E-state index in [1.807, 2.05) is 71.9 Å². The van der Waals surface area contributed by atoms with Crippen LogP contribution < -0.4 is 16.0 Å². The molecule has 0 spiro atoms. The Morgan fingerprint density at radius 3 is 2.04 bits per heavy atom. The summed E-state index contributed by atoms with van der Waals surface area (Å²) in [4.78, 5) is 58.3. The Labute approximate surface area is 306 Å². The lowest BCUT2D eigenvalue weighted by atomic mass is 9.89. The van der Waals surface area contributed by atoms with E-state index in [-0.39, 0.29) is 53.8 Å². The van der Waals surface area contributed by atoms with Crippen LogP contribution in [-0.4, -0.2) is 116 Å². The molecule has 1 aromatic carbocycles. The van der Waals surface area contributed by atoms with Gasteiger partial charge in [-0.25, -0.2) is 0 Å². The molecule has 2 rings (SSSR count). The molecule has 1 fully saturated rings. The number of likely N-dealkylation sites (tertiary alicyclic amines) is 1. The molecule has 0 radical (unpaired) electrons. The number of benzene rings is 1. The molecule has 0 aliphatic carbocycles. The van der Waals surface area contributed by atoms with Crippen LogP contribution >= 0.6 is 0 Å². The molecule has 0 saturated carbocycles. The number of likely N-dealkylation sites (N-methyl/N-ethyl adjacent to an activating group) is 2. The van der Waals surface area contributed by atoms with E-state index >= 15 is 0 Å². The van der Waals surface area contributed by atoms with Crippen LogP contribution in [0.4, 0.5) is 0 Å². The number of amides is 4. The average Bonchev–Trinajstić information content (AvgIpc) is 3.59. The van der Waals surface area contributed by atoms with Crippen LogP contribution in [0.25, 0.3) is 0 Å². The Kier molecular flexibility index (Phi) is 18.0. The first kappa shape index (κ1) is 44.1. The van der Waals surface area contributed by atoms with Crippen molar-refractivity contribution in [1.29, 1.82) is 0 Å². The molecule has 1 saturated heterocycles. The first-order valence-corrected chi connectivity index (χ1v) is 18.7. The lowest BCUT2D eigenvalue weighted by Crippen LogP contribution is -2.59. The van der Waals surface area contributed by atoms with Gasteiger partial charge in [-0.1, -0.05) is 85.2 Å². The van der Waals surface area contributed by atoms with Crippen molar-refractivity contribution in [3.8, 4) is 0 Å². The van der Waals surface area contributed by atoms with Crippen LogP contribution in [-0.2, 0) is 28.7 Å². The van der Waals surface area contributed by atoms with Gasteiger partial charge >= 0.3 is 0 Å². The van der Waals surface area contributed by atoms with Crippen molar-refractivity contribution in [2.75, 3.05) is 34.9 Å². The zero-order valence-corrected chi connectivity index (χ0v) is 33.1. The fraction of sp³-hybridized carbons (Fsp3) is 0.744. The predicted molar refractivity (Wildman–Crippen MR) is 200 cm³/mol. The van der Waals surface area contributed by atoms with Gasteiger partial charge in [0.15, 0.2) is 0 Å². The third-order valence-electron chi connectivity index (χ3n) is 10.7. The minimum absolute atomic E-state index is 0.0148. The molecule has 4 N–H and O–H groups in total. The van der Waals surface area contributed by atoms with Crippen LogP contribution in [0.15, 0.2) is 30.3 Å². The van der Waals surface area contributed by atoms with E-state index < -0.39 is 48.4 Å². The Bertz CT molecular complexity index is 1250. The maximum absolute atomic E-state index is 14.1. The van der Waals surface area contributed by atoms with E-state index in [4.69, 9.17) is 9.47 Å². The first-order chi connectivity index (χ1) is 24.0. The summed E-state index contributed by atoms with van der Waals surface area (Å²) in [5.41, 5.74) is 0.711. The fourth-order valence-corrected chi connectivity index (χ4v) is 7.42. The van der Waals surface area contributed by atoms with Crippen molar-refractivity contribution in [2.45, 2.75) is 130 Å². The number of rotatable bonds is 20. The van der Waals surface area contributed by atoms with Crippen LogP contribution in [0.2, 0.25) is 0 Å². The van der Waals surface area contributed by atoms with Crippen molar-refractivity contribution >= 4 is 23.6 Å². The van der Waals surface area contributed by atoms with Gasteiger partial charge in [0.25, 0.3) is 0 Å². The molecule has 290 valence electrons. The van der Waals surface area contributed by atoms with Crippen molar-refractivity contribution in [3.63, 3.8) is 0 Å². The van der Waals surface area contributed by atoms with E-state index in [1.165, 1.54) is 0 Å². The topological polar surface area (TPSA) is 150 Å². The number of carbonyl (C=O) groups is 4. The minimum Gasteiger partial charge on any atom is -0.386 e. The number of hydrogen-bond donors (Lipinski definition) is 4. The van der Waals surface area contributed by atoms with Gasteiger partial charge in [-0.3, -0.25) is 19.2 Å². The molecular weight excluding hydrogens is 650 g/mol. The second-order valence-electron chi connectivity index (χ2n) is 15.0. The Hall–Kier alpha value is -3.06. The molecule has 12 heteroatoms. The van der Waals surface area contributed by atoms with E-state index in [0.29, 0.717) is 18.5 Å². The zero-order chi connectivity index (χ0) is 38.6. The monoisotopic (exact) mass is 718 g/mol. The summed E-state index contributed by atoms with van der Waals surface area (Å²) < 4.78 is 11.9. The molecule has 0 bridgehead atoms. The summed E-state index contributed by atoms with van der Waals surface area (Å²) in [5, 5.41) is 19.8. The summed E-state index contributed by atoms with van der Waals surface area (Å²) >= 11 is 0. The quantitative estimate of drug-likeness (QED) is 0.160. The molecule has 1 aliphatic rings. The number of aliphatic hydroxyl groups excluding tert-OH is 1. The van der Waals surface area contributed by atoms with Gasteiger partial charge in [-0.15, -0.1) is 0 Å². The van der Waals surface area contributed by atoms with Crippen molar-refractivity contribution in [2.24, 2.45) is 23.7 Å². The first-order valence-electron chi connectivity index (χ1n) is 18.7. The summed E-state index contributed by atoms with van der Waals surface area (Å²) in [5.74, 6) is -1.62. The highest BCUT2D eigenvalue weighted by Gasteiger charge is 2.43. The minimum atomic E-state index is -0.875. The smallest absolute Gasteiger partial charge is 0.245 e. The van der Waals surface area contributed by atoms with E-state index in [2.05, 4.69) is 16.0 Å². The number of aliphatic hydroxyl groups is 1. The van der Waals surface area contributed by atoms with Gasteiger partial charge in [0, 0.05) is 27.8 Å². The maximum Gasteiger partial charge on any atom is 0.245 e. The van der Waals surface area contributed by atoms with Crippen LogP contribution in [0.5, 0.6) is 0 Å². The third kappa shape index (κ3) is 11.5. The number of nitrogens with one attached hydrogen (secondary N) is 3. The molecular formula is C39H67N5O7. The molecule has 1 aliphatic heterocycles. The number of hydrogen-bond acceptors (Lipinski definition) is 8. The maximum atomic E-state index is 14.1. The van der Waals surface area contributed by atoms with E-state index in [1.54, 1.807) is 52.0 Å². The molecule has 12 nitrogen and oxygen atoms in total. The largest absolute Gasteiger partial charge is 0.386 e. The molecule has 1 aromatic rings. The number of ether oxygens (including phenoxy) is 2. The van der Waals surface area contributed by atoms with Gasteiger partial charge < -0.3 is 40.3 Å². The van der Waals surface area contributed by atoms with Gasteiger partial charge in [0.05, 0.1) is 54.8 Å². The summed E-state index contributed by atoms with van der Waals surface area (Å²) in [6, 6.07) is 6.67. The molecule has 0 aromatic heterocycles. The zero-order valence-electron chi connectivity index (χ0n) is 33.1. The predicted octanol–water partition coefficient (Wildman–Crippen LogP) is 3.53. The van der Waals surface area contributed by atoms with Crippen molar-refractivity contribution in [3.05, 3.63) is 35.9 Å². The van der Waals surface area contributed by atoms with Crippen LogP contribution in [0.3, 0.4) is 0 Å². The van der Waals surface area contributed by atoms with Gasteiger partial charge in [-0.05, 0) is 50.1 Å². The lowest BCUT2D eigenvalue weighted by molar-refractivity contribution is -0.148. The normalized spacial score (nSPS) is 20.1. The highest BCUT2D eigenvalue weighted by Crippen LogP contribution is 2.30. The summed E-state index contributed by atoms with van der Waals surface area (Å²) in [6.45, 7) is 15.9. The van der Waals surface area contributed by atoms with Crippen LogP contribution in [0.1, 0.15) is 92.7 Å². The third-order valence-corrected chi connectivity index (χ3v) is 10.7. The number of methoxy groups -OCH3 is 2. The number of carbonyl (C=O) groups excluding carboxylic acids is 4. The summed E-state index contributed by atoms with van der Waals surface area (Å²) in [6.07, 6.45) is 0.147. The van der Waals surface area contributed by atoms with Gasteiger partial charge in [0.2, 0.25) is 23.6 Å². The average molecular weight is 718 g/mol. The second kappa shape index (κ2) is 20.8. The van der Waals surface area contributed by atoms with Crippen molar-refractivity contribution < 1.29 is 33.8 Å². The molecule has 51 heavy (non-hydrogen) atoms. The lowest BCUT2D eigenvalue weighted by Gasteiger charge is -2.41. The Morgan fingerprint density at radius 1 is 0.922 bits per heavy atom. The Morgan fingerprint density at radius 2 is 1.53 bits per heavy atom. The number of nitrogens with zero attached hydrogens (tertiary/aromatic N) is 2. The molecule has 4 amide bonds. The standard InChI is InChI=1S/C39H67N5O7/c1-13-25(6)34(43(10)39(49)33(24(4)5)42-38(48)32(40-9)23(2)3)30(50-11)22-31(45)44-21-17-20-29(44)36(51-12)26(7)37(47)41-27(8)35(46)28-18-15-14-16-19-28/h14-16,18-19,23-27,29-30,32-36,40,46H,13,17,20-22H2,1-12H3,(H,41,47)(H,42,48)/t25-,26+,27?,29-,30+,32-,33-,34-,35+,36+/m0/s1. The van der Waals surface area contributed by atoms with E-state index in [9.17, 15) is 24.3 Å². The summed E-state index contributed by atoms with van der Waals surface area (Å²) in [7, 11) is 6.57. The van der Waals surface area contributed by atoms with Crippen molar-refractivity contribution in [1.82, 2.24) is 25.8 Å². The van der Waals surface area contributed by atoms with Crippen LogP contribution in [0, 0.1) is 23.7 Å². The SMILES string of the molecule is CC[C@H](C)[C@@H]([C@@H](CC(=O)N1CCC[C@H]1[C@H](OC)[C@@H](C)C(=O)NC(C)[C@@H](O)c1ccccc1)OC)N(C)C(=O)[C@@H](NC(=O)[C@@H](NC)C(C)C)C(C)C. The molecule has 10 atom stereocenters. The molecule has 1 unspecified atom stereocenters. The Balaban J connectivity index is 2.24. The highest BCUT2D eigenvalue weighted by molar-refractivity contribution is 5.90. The second-order valence-corrected chi connectivity index (χ2v) is 15.0.